The van der Waals surface area contributed by atoms with Gasteiger partial charge in [0.2, 0.25) is 0 Å². The Morgan fingerprint density at radius 1 is 1.57 bits per heavy atom. The van der Waals surface area contributed by atoms with Crippen LogP contribution in [0.5, 0.6) is 0 Å². The summed E-state index contributed by atoms with van der Waals surface area (Å²) in [6.07, 6.45) is 11.6. The zero-order valence-corrected chi connectivity index (χ0v) is 11.7. The van der Waals surface area contributed by atoms with Gasteiger partial charge < -0.3 is 9.84 Å². The minimum Gasteiger partial charge on any atom is -0.388 e. The average molecular weight is 283 g/mol. The second-order valence-electron chi connectivity index (χ2n) is 6.13. The molecule has 2 aliphatic carbocycles. The van der Waals surface area contributed by atoms with Gasteiger partial charge in [0.15, 0.2) is 5.78 Å². The van der Waals surface area contributed by atoms with E-state index in [0.29, 0.717) is 19.3 Å². The van der Waals surface area contributed by atoms with Gasteiger partial charge in [-0.1, -0.05) is 6.08 Å². The van der Waals surface area contributed by atoms with E-state index < -0.39 is 17.1 Å². The number of fused-ring (bicyclic) bond motifs is 1. The molecule has 0 amide bonds. The molecule has 21 heavy (non-hydrogen) atoms. The van der Waals surface area contributed by atoms with E-state index in [9.17, 15) is 9.90 Å². The van der Waals surface area contributed by atoms with Crippen molar-refractivity contribution in [2.75, 3.05) is 0 Å². The van der Waals surface area contributed by atoms with Crippen LogP contribution in [0.1, 0.15) is 19.3 Å². The van der Waals surface area contributed by atoms with Gasteiger partial charge in [0.05, 0.1) is 17.1 Å². The molecule has 1 spiro atoms. The highest BCUT2D eigenvalue weighted by Gasteiger charge is 2.61. The van der Waals surface area contributed by atoms with Gasteiger partial charge in [-0.05, 0) is 48.6 Å². The average Bonchev–Trinajstić information content (AvgIpc) is 2.85. The van der Waals surface area contributed by atoms with Crippen LogP contribution in [0.2, 0.25) is 0 Å². The van der Waals surface area contributed by atoms with Crippen LogP contribution in [-0.4, -0.2) is 34.9 Å². The molecule has 0 saturated heterocycles. The standard InChI is InChI=1S/C17H17NO3/c1-2-5-16(20)6-3-14-12-9-15(21-14)13(19)8-11-4-7-18-10-17(11,12)16/h2,4,7-10,14-15,20H,1,3,5-6H2/t14?,15-,16?,17?/m1/s1. The summed E-state index contributed by atoms with van der Waals surface area (Å²) < 4.78 is 5.85. The minimum absolute atomic E-state index is 0.0605. The van der Waals surface area contributed by atoms with Crippen LogP contribution in [0.15, 0.2) is 53.2 Å². The van der Waals surface area contributed by atoms with Gasteiger partial charge in [0.1, 0.15) is 6.10 Å². The Bertz CT molecular complexity index is 657. The number of hydrogen-bond donors (Lipinski definition) is 1. The normalized spacial score (nSPS) is 43.0. The molecule has 0 radical (unpaired) electrons. The van der Waals surface area contributed by atoms with Crippen molar-refractivity contribution in [3.05, 3.63) is 48.2 Å². The SMILES string of the molecule is C=CCC1(O)CCC2O[C@@H]3C=C2C12C=NC=CC2=CC3=O. The summed E-state index contributed by atoms with van der Waals surface area (Å²) in [6.45, 7) is 3.78. The molecule has 4 rings (SSSR count). The number of ether oxygens (including phenoxy) is 1. The molecule has 4 atom stereocenters. The maximum atomic E-state index is 12.3. The van der Waals surface area contributed by atoms with E-state index >= 15 is 0 Å². The summed E-state index contributed by atoms with van der Waals surface area (Å²) in [4.78, 5) is 16.6. The minimum atomic E-state index is -1.01. The van der Waals surface area contributed by atoms with Crippen LogP contribution >= 0.6 is 0 Å². The highest BCUT2D eigenvalue weighted by Crippen LogP contribution is 2.58. The van der Waals surface area contributed by atoms with Crippen molar-refractivity contribution in [3.8, 4) is 0 Å². The van der Waals surface area contributed by atoms with Crippen LogP contribution in [0.3, 0.4) is 0 Å². The van der Waals surface area contributed by atoms with Gasteiger partial charge in [-0.3, -0.25) is 9.79 Å². The lowest BCUT2D eigenvalue weighted by Crippen LogP contribution is -2.57. The van der Waals surface area contributed by atoms with E-state index in [-0.39, 0.29) is 11.9 Å². The van der Waals surface area contributed by atoms with E-state index in [1.165, 1.54) is 0 Å². The summed E-state index contributed by atoms with van der Waals surface area (Å²) in [6, 6.07) is 0. The van der Waals surface area contributed by atoms with Gasteiger partial charge >= 0.3 is 0 Å². The van der Waals surface area contributed by atoms with Crippen molar-refractivity contribution in [2.24, 2.45) is 10.4 Å². The number of aliphatic imine (C=N–C) groups is 1. The summed E-state index contributed by atoms with van der Waals surface area (Å²) in [5.41, 5.74) is 0.0155. The topological polar surface area (TPSA) is 58.9 Å². The third-order valence-corrected chi connectivity index (χ3v) is 5.12. The third-order valence-electron chi connectivity index (χ3n) is 5.12. The van der Waals surface area contributed by atoms with Crippen molar-refractivity contribution in [2.45, 2.75) is 37.1 Å². The Hall–Kier alpha value is -1.78. The lowest BCUT2D eigenvalue weighted by atomic mass is 9.55. The van der Waals surface area contributed by atoms with E-state index in [1.807, 2.05) is 12.2 Å². The van der Waals surface area contributed by atoms with Gasteiger partial charge in [0, 0.05) is 12.4 Å². The molecule has 4 nitrogen and oxygen atoms in total. The lowest BCUT2D eigenvalue weighted by molar-refractivity contribution is -0.126. The van der Waals surface area contributed by atoms with Crippen LogP contribution in [-0.2, 0) is 9.53 Å². The molecular formula is C17H17NO3. The molecule has 0 aromatic heterocycles. The summed E-state index contributed by atoms with van der Waals surface area (Å²) in [5.74, 6) is -0.0605. The molecule has 1 N–H and O–H groups in total. The number of rotatable bonds is 2. The molecule has 1 saturated carbocycles. The van der Waals surface area contributed by atoms with E-state index in [2.05, 4.69) is 11.6 Å². The highest BCUT2D eigenvalue weighted by molar-refractivity contribution is 6.00. The highest BCUT2D eigenvalue weighted by atomic mass is 16.5. The van der Waals surface area contributed by atoms with Crippen molar-refractivity contribution in [1.29, 1.82) is 0 Å². The molecule has 4 aliphatic rings. The fraction of sp³-hybridized carbons (Fsp3) is 0.412. The largest absolute Gasteiger partial charge is 0.388 e. The monoisotopic (exact) mass is 283 g/mol. The quantitative estimate of drug-likeness (QED) is 0.787. The van der Waals surface area contributed by atoms with Crippen molar-refractivity contribution >= 4 is 12.0 Å². The summed E-state index contributed by atoms with van der Waals surface area (Å²) in [5, 5.41) is 11.4. The predicted octanol–water partition coefficient (Wildman–Crippen LogP) is 1.87. The first-order chi connectivity index (χ1) is 10.1. The van der Waals surface area contributed by atoms with E-state index in [1.54, 1.807) is 24.6 Å². The molecule has 1 fully saturated rings. The van der Waals surface area contributed by atoms with Gasteiger partial charge in [-0.25, -0.2) is 0 Å². The predicted molar refractivity (Wildman–Crippen MR) is 78.9 cm³/mol. The molecule has 4 heteroatoms. The molecule has 2 heterocycles. The maximum Gasteiger partial charge on any atom is 0.188 e. The number of aliphatic hydroxyl groups is 1. The fourth-order valence-electron chi connectivity index (χ4n) is 4.17. The second-order valence-corrected chi connectivity index (χ2v) is 6.13. The molecule has 108 valence electrons. The van der Waals surface area contributed by atoms with Crippen molar-refractivity contribution in [1.82, 2.24) is 0 Å². The fourth-order valence-corrected chi connectivity index (χ4v) is 4.17. The van der Waals surface area contributed by atoms with Crippen molar-refractivity contribution < 1.29 is 14.6 Å². The van der Waals surface area contributed by atoms with E-state index in [4.69, 9.17) is 4.74 Å². The number of nitrogens with zero attached hydrogens (tertiary/aromatic N) is 1. The lowest BCUT2D eigenvalue weighted by Gasteiger charge is -2.52. The smallest absolute Gasteiger partial charge is 0.188 e. The van der Waals surface area contributed by atoms with Crippen LogP contribution < -0.4 is 0 Å². The molecule has 2 aliphatic heterocycles. The maximum absolute atomic E-state index is 12.3. The first-order valence-corrected chi connectivity index (χ1v) is 7.28. The van der Waals surface area contributed by atoms with Gasteiger partial charge in [-0.15, -0.1) is 6.58 Å². The van der Waals surface area contributed by atoms with Crippen molar-refractivity contribution in [3.63, 3.8) is 0 Å². The summed E-state index contributed by atoms with van der Waals surface area (Å²) >= 11 is 0. The zero-order chi connectivity index (χ0) is 14.7. The Balaban J connectivity index is 2.01. The molecule has 2 bridgehead atoms. The molecule has 0 aromatic carbocycles. The molecular weight excluding hydrogens is 266 g/mol. The second kappa shape index (κ2) is 4.12. The summed E-state index contributed by atoms with van der Waals surface area (Å²) in [7, 11) is 0. The van der Waals surface area contributed by atoms with Gasteiger partial charge in [-0.2, -0.15) is 0 Å². The first-order valence-electron chi connectivity index (χ1n) is 7.28. The number of carbonyl (C=O) groups is 1. The Morgan fingerprint density at radius 2 is 2.43 bits per heavy atom. The Kier molecular flexibility index (Phi) is 2.53. The number of hydrogen-bond acceptors (Lipinski definition) is 4. The third kappa shape index (κ3) is 1.46. The number of ketones is 1. The first kappa shape index (κ1) is 12.9. The Morgan fingerprint density at radius 3 is 3.24 bits per heavy atom. The van der Waals surface area contributed by atoms with E-state index in [0.717, 1.165) is 11.1 Å². The number of carbonyl (C=O) groups excluding carboxylic acids is 1. The Labute approximate surface area is 123 Å². The number of allylic oxidation sites excluding steroid dienone is 1. The van der Waals surface area contributed by atoms with Crippen LogP contribution in [0, 0.1) is 5.41 Å². The molecule has 0 aromatic rings. The van der Waals surface area contributed by atoms with Crippen LogP contribution in [0.4, 0.5) is 0 Å². The molecule has 3 unspecified atom stereocenters. The zero-order valence-electron chi connectivity index (χ0n) is 11.7. The van der Waals surface area contributed by atoms with Gasteiger partial charge in [0.25, 0.3) is 0 Å². The van der Waals surface area contributed by atoms with Crippen LogP contribution in [0.25, 0.3) is 0 Å².